The van der Waals surface area contributed by atoms with E-state index in [-0.39, 0.29) is 17.6 Å². The number of fused-ring (bicyclic) bond motifs is 2. The van der Waals surface area contributed by atoms with Gasteiger partial charge in [-0.3, -0.25) is 14.9 Å². The van der Waals surface area contributed by atoms with E-state index in [1.54, 1.807) is 23.9 Å². The molecule has 3 heterocycles. The van der Waals surface area contributed by atoms with Gasteiger partial charge >= 0.3 is 0 Å². The maximum Gasteiger partial charge on any atom is 0.269 e. The van der Waals surface area contributed by atoms with Crippen LogP contribution in [0.1, 0.15) is 25.3 Å². The molecule has 1 aliphatic rings. The van der Waals surface area contributed by atoms with Crippen molar-refractivity contribution in [3.05, 3.63) is 75.4 Å². The molecule has 0 bridgehead atoms. The van der Waals surface area contributed by atoms with Gasteiger partial charge in [0.25, 0.3) is 5.69 Å². The number of nitro groups is 1. The van der Waals surface area contributed by atoms with Crippen LogP contribution in [-0.4, -0.2) is 56.1 Å². The van der Waals surface area contributed by atoms with Gasteiger partial charge in [-0.25, -0.2) is 14.0 Å². The number of pyridine rings is 1. The van der Waals surface area contributed by atoms with Crippen LogP contribution in [0.4, 0.5) is 5.69 Å². The van der Waals surface area contributed by atoms with Crippen LogP contribution in [0.2, 0.25) is 5.02 Å². The lowest BCUT2D eigenvalue weighted by atomic mass is 10.1. The van der Waals surface area contributed by atoms with E-state index >= 15 is 0 Å². The van der Waals surface area contributed by atoms with Crippen molar-refractivity contribution >= 4 is 57.0 Å². The summed E-state index contributed by atoms with van der Waals surface area (Å²) in [6.07, 6.45) is 3.16. The minimum atomic E-state index is -0.490. The molecule has 4 aromatic rings. The lowest BCUT2D eigenvalue weighted by Crippen LogP contribution is -2.42. The number of ether oxygens (including phenoxy) is 2. The number of methoxy groups -OCH3 is 1. The molecule has 10 nitrogen and oxygen atoms in total. The van der Waals surface area contributed by atoms with Gasteiger partial charge < -0.3 is 9.47 Å². The molecule has 1 aliphatic heterocycles. The van der Waals surface area contributed by atoms with Crippen molar-refractivity contribution in [3.63, 3.8) is 0 Å². The predicted molar refractivity (Wildman–Crippen MR) is 150 cm³/mol. The van der Waals surface area contributed by atoms with Gasteiger partial charge in [-0.2, -0.15) is 5.10 Å². The molecule has 1 saturated heterocycles. The van der Waals surface area contributed by atoms with E-state index in [0.717, 1.165) is 21.4 Å². The molecule has 0 unspecified atom stereocenters. The summed E-state index contributed by atoms with van der Waals surface area (Å²) in [6.45, 7) is 4.45. The lowest BCUT2D eigenvalue weighted by Gasteiger charge is -2.37. The van der Waals surface area contributed by atoms with Crippen LogP contribution in [0.5, 0.6) is 5.75 Å². The summed E-state index contributed by atoms with van der Waals surface area (Å²) < 4.78 is 15.7. The molecule has 202 valence electrons. The zero-order valence-corrected chi connectivity index (χ0v) is 23.1. The van der Waals surface area contributed by atoms with Crippen LogP contribution in [0, 0.1) is 17.0 Å². The van der Waals surface area contributed by atoms with Gasteiger partial charge in [0.2, 0.25) is 0 Å². The number of nitro benzene ring substituents is 1. The first-order valence-corrected chi connectivity index (χ1v) is 13.4. The van der Waals surface area contributed by atoms with E-state index in [2.05, 4.69) is 4.31 Å². The summed E-state index contributed by atoms with van der Waals surface area (Å²) in [4.78, 5) is 27.8. The molecule has 0 aliphatic carbocycles. The Morgan fingerprint density at radius 1 is 1.28 bits per heavy atom. The Labute approximate surface area is 233 Å². The second kappa shape index (κ2) is 11.3. The molecular weight excluding hydrogens is 542 g/mol. The molecule has 0 N–H and O–H groups in total. The molecule has 1 fully saturated rings. The van der Waals surface area contributed by atoms with Crippen LogP contribution in [0.25, 0.3) is 21.9 Å². The third kappa shape index (κ3) is 5.76. The molecule has 5 rings (SSSR count). The van der Waals surface area contributed by atoms with Crippen molar-refractivity contribution in [2.75, 3.05) is 20.2 Å². The number of hydrogen-bond acceptors (Lipinski definition) is 9. The van der Waals surface area contributed by atoms with Crippen molar-refractivity contribution in [2.24, 2.45) is 0 Å². The third-order valence-electron chi connectivity index (χ3n) is 6.37. The minimum absolute atomic E-state index is 0.0319. The van der Waals surface area contributed by atoms with Gasteiger partial charge in [0.15, 0.2) is 17.7 Å². The fourth-order valence-electron chi connectivity index (χ4n) is 4.55. The van der Waals surface area contributed by atoms with E-state index in [1.807, 2.05) is 31.2 Å². The smallest absolute Gasteiger partial charge is 0.269 e. The van der Waals surface area contributed by atoms with E-state index in [0.29, 0.717) is 41.4 Å². The zero-order valence-electron chi connectivity index (χ0n) is 21.5. The van der Waals surface area contributed by atoms with E-state index in [9.17, 15) is 14.9 Å². The van der Waals surface area contributed by atoms with E-state index in [1.165, 1.54) is 37.1 Å². The standard InChI is InChI=1S/C27H26ClN5O5S/c1-16(34)5-4-6-20-14-31(39-21-10-7-18(8-11-21)33(35)36)15-24(38-20)32-27-25(17(2)30-32)26(28)22-13-19(37-3)9-12-23(22)29-27/h4-5,7-13,20,24H,6,14-15H2,1-3H3/b5-4+/t20-,24-/m1/s1. The van der Waals surface area contributed by atoms with Gasteiger partial charge in [0, 0.05) is 29.0 Å². The molecule has 39 heavy (non-hydrogen) atoms. The number of halogens is 1. The van der Waals surface area contributed by atoms with Gasteiger partial charge in [0.1, 0.15) is 5.75 Å². The summed E-state index contributed by atoms with van der Waals surface area (Å²) in [6, 6.07) is 12.0. The van der Waals surface area contributed by atoms with Crippen LogP contribution >= 0.6 is 23.5 Å². The molecule has 0 amide bonds. The van der Waals surface area contributed by atoms with Crippen LogP contribution in [0.15, 0.2) is 59.5 Å². The highest BCUT2D eigenvalue weighted by molar-refractivity contribution is 7.97. The molecule has 0 spiro atoms. The summed E-state index contributed by atoms with van der Waals surface area (Å²) in [5, 5.41) is 17.9. The third-order valence-corrected chi connectivity index (χ3v) is 7.80. The SMILES string of the molecule is COc1ccc2nc3c(c(C)nn3[C@H]3CN(Sc4ccc([N+](=O)[O-])cc4)C[C@@H](C/C=C/C(C)=O)O3)c(Cl)c2c1. The lowest BCUT2D eigenvalue weighted by molar-refractivity contribution is -0.384. The van der Waals surface area contributed by atoms with Crippen LogP contribution < -0.4 is 4.74 Å². The number of carbonyl (C=O) groups excluding carboxylic acids is 1. The predicted octanol–water partition coefficient (Wildman–Crippen LogP) is 5.91. The topological polar surface area (TPSA) is 113 Å². The second-order valence-corrected chi connectivity index (χ2v) is 10.7. The largest absolute Gasteiger partial charge is 0.497 e. The quantitative estimate of drug-likeness (QED) is 0.111. The molecule has 0 saturated carbocycles. The monoisotopic (exact) mass is 567 g/mol. The Morgan fingerprint density at radius 2 is 2.05 bits per heavy atom. The summed E-state index contributed by atoms with van der Waals surface area (Å²) in [5.74, 6) is 0.655. The summed E-state index contributed by atoms with van der Waals surface area (Å²) in [5.41, 5.74) is 2.09. The highest BCUT2D eigenvalue weighted by Gasteiger charge is 2.32. The Balaban J connectivity index is 1.50. The minimum Gasteiger partial charge on any atom is -0.497 e. The Hall–Kier alpha value is -3.51. The first kappa shape index (κ1) is 27.1. The molecular formula is C27H26ClN5O5S. The van der Waals surface area contributed by atoms with Crippen molar-refractivity contribution in [1.29, 1.82) is 0 Å². The number of rotatable bonds is 8. The number of aromatic nitrogens is 3. The number of carbonyl (C=O) groups is 1. The number of benzene rings is 2. The first-order valence-electron chi connectivity index (χ1n) is 12.3. The number of morpholine rings is 1. The highest BCUT2D eigenvalue weighted by atomic mass is 35.5. The van der Waals surface area contributed by atoms with E-state index < -0.39 is 11.2 Å². The number of ketones is 1. The average molecular weight is 568 g/mol. The van der Waals surface area contributed by atoms with Crippen LogP contribution in [0.3, 0.4) is 0 Å². The fraction of sp³-hybridized carbons (Fsp3) is 0.296. The molecule has 0 radical (unpaired) electrons. The highest BCUT2D eigenvalue weighted by Crippen LogP contribution is 2.37. The zero-order chi connectivity index (χ0) is 27.7. The Kier molecular flexibility index (Phi) is 7.85. The number of hydrogen-bond donors (Lipinski definition) is 0. The van der Waals surface area contributed by atoms with E-state index in [4.69, 9.17) is 31.2 Å². The summed E-state index contributed by atoms with van der Waals surface area (Å²) >= 11 is 8.35. The molecule has 2 aromatic heterocycles. The molecule has 2 aromatic carbocycles. The average Bonchev–Trinajstić information content (AvgIpc) is 3.25. The van der Waals surface area contributed by atoms with Gasteiger partial charge in [0.05, 0.1) is 46.3 Å². The number of aryl methyl sites for hydroxylation is 1. The van der Waals surface area contributed by atoms with Crippen molar-refractivity contribution in [1.82, 2.24) is 19.1 Å². The number of non-ortho nitro benzene ring substituents is 1. The Bertz CT molecular complexity index is 1590. The fourth-order valence-corrected chi connectivity index (χ4v) is 5.92. The van der Waals surface area contributed by atoms with Gasteiger partial charge in [-0.1, -0.05) is 17.7 Å². The van der Waals surface area contributed by atoms with Gasteiger partial charge in [-0.05, 0) is 68.6 Å². The second-order valence-electron chi connectivity index (χ2n) is 9.19. The maximum atomic E-state index is 11.4. The number of allylic oxidation sites excluding steroid dienone is 1. The van der Waals surface area contributed by atoms with Crippen molar-refractivity contribution in [3.8, 4) is 5.75 Å². The number of nitrogens with zero attached hydrogens (tertiary/aromatic N) is 5. The van der Waals surface area contributed by atoms with Crippen molar-refractivity contribution < 1.29 is 19.2 Å². The molecule has 12 heteroatoms. The first-order chi connectivity index (χ1) is 18.7. The maximum absolute atomic E-state index is 11.4. The van der Waals surface area contributed by atoms with Crippen LogP contribution in [-0.2, 0) is 9.53 Å². The normalized spacial score (nSPS) is 18.3. The van der Waals surface area contributed by atoms with Gasteiger partial charge in [-0.15, -0.1) is 0 Å². The molecule has 2 atom stereocenters. The van der Waals surface area contributed by atoms with Crippen molar-refractivity contribution in [2.45, 2.75) is 37.5 Å². The Morgan fingerprint density at radius 3 is 2.74 bits per heavy atom. The summed E-state index contributed by atoms with van der Waals surface area (Å²) in [7, 11) is 1.60.